The number of hydrazone groups is 1. The van der Waals surface area contributed by atoms with Crippen LogP contribution in [0.5, 0.6) is 17.2 Å². The summed E-state index contributed by atoms with van der Waals surface area (Å²) in [7, 11) is 0. The Labute approximate surface area is 225 Å². The van der Waals surface area contributed by atoms with Gasteiger partial charge in [0.05, 0.1) is 23.9 Å². The minimum atomic E-state index is -0.489. The quantitative estimate of drug-likeness (QED) is 0.113. The number of esters is 1. The first-order chi connectivity index (χ1) is 18.5. The van der Waals surface area contributed by atoms with Crippen molar-refractivity contribution in [3.8, 4) is 17.2 Å². The molecule has 4 aromatic carbocycles. The van der Waals surface area contributed by atoms with Gasteiger partial charge < -0.3 is 14.2 Å². The Morgan fingerprint density at radius 1 is 0.842 bits per heavy atom. The van der Waals surface area contributed by atoms with Gasteiger partial charge in [-0.3, -0.25) is 4.79 Å². The minimum absolute atomic E-state index is 0.284. The van der Waals surface area contributed by atoms with Gasteiger partial charge in [0.2, 0.25) is 0 Å². The third kappa shape index (κ3) is 7.21. The van der Waals surface area contributed by atoms with Crippen LogP contribution in [0.4, 0.5) is 0 Å². The maximum Gasteiger partial charge on any atom is 0.343 e. The number of carbonyl (C=O) groups excluding carboxylic acids is 2. The molecule has 7 nitrogen and oxygen atoms in total. The summed E-state index contributed by atoms with van der Waals surface area (Å²) >= 11 is 5.93. The summed E-state index contributed by atoms with van der Waals surface area (Å²) in [5, 5.41) is 4.71. The Morgan fingerprint density at radius 2 is 1.58 bits per heavy atom. The summed E-state index contributed by atoms with van der Waals surface area (Å²) < 4.78 is 17.0. The molecule has 0 heterocycles. The van der Waals surface area contributed by atoms with Crippen molar-refractivity contribution in [1.82, 2.24) is 5.43 Å². The minimum Gasteiger partial charge on any atom is -0.490 e. The van der Waals surface area contributed by atoms with Crippen LogP contribution in [0.3, 0.4) is 0 Å². The van der Waals surface area contributed by atoms with Crippen molar-refractivity contribution < 1.29 is 23.8 Å². The van der Waals surface area contributed by atoms with E-state index in [1.807, 2.05) is 25.1 Å². The van der Waals surface area contributed by atoms with Crippen molar-refractivity contribution in [2.75, 3.05) is 6.61 Å². The van der Waals surface area contributed by atoms with Crippen molar-refractivity contribution in [3.63, 3.8) is 0 Å². The highest BCUT2D eigenvalue weighted by molar-refractivity contribution is 6.30. The molecular formula is C30H25ClN2O5. The maximum atomic E-state index is 12.8. The van der Waals surface area contributed by atoms with Crippen molar-refractivity contribution in [2.45, 2.75) is 13.5 Å². The standard InChI is InChI=1S/C30H25ClN2O5/c1-2-36-28-18-22(14-17-27(28)38-30(35)23-8-4-3-5-9-23)19-32-33-29(34)25-10-6-7-11-26(25)37-20-21-12-15-24(31)16-13-21/h3-19H,2,20H2,1H3,(H,33,34)/b32-19-. The van der Waals surface area contributed by atoms with Gasteiger partial charge >= 0.3 is 5.97 Å². The normalized spacial score (nSPS) is 10.7. The van der Waals surface area contributed by atoms with Crippen LogP contribution in [0, 0.1) is 0 Å². The number of hydrogen-bond donors (Lipinski definition) is 1. The van der Waals surface area contributed by atoms with Crippen LogP contribution in [0.25, 0.3) is 0 Å². The van der Waals surface area contributed by atoms with Gasteiger partial charge in [-0.2, -0.15) is 5.10 Å². The molecule has 0 saturated heterocycles. The monoisotopic (exact) mass is 528 g/mol. The molecule has 0 aliphatic heterocycles. The van der Waals surface area contributed by atoms with Crippen LogP contribution >= 0.6 is 11.6 Å². The highest BCUT2D eigenvalue weighted by Crippen LogP contribution is 2.29. The second-order valence-corrected chi connectivity index (χ2v) is 8.44. The van der Waals surface area contributed by atoms with Crippen LogP contribution in [0.2, 0.25) is 5.02 Å². The van der Waals surface area contributed by atoms with Crippen molar-refractivity contribution >= 4 is 29.7 Å². The maximum absolute atomic E-state index is 12.8. The number of amides is 1. The fourth-order valence-corrected chi connectivity index (χ4v) is 3.56. The van der Waals surface area contributed by atoms with E-state index in [2.05, 4.69) is 10.5 Å². The van der Waals surface area contributed by atoms with Crippen molar-refractivity contribution in [2.24, 2.45) is 5.10 Å². The van der Waals surface area contributed by atoms with Crippen molar-refractivity contribution in [3.05, 3.63) is 124 Å². The topological polar surface area (TPSA) is 86.2 Å². The largest absolute Gasteiger partial charge is 0.490 e. The van der Waals surface area contributed by atoms with Gasteiger partial charge in [0, 0.05) is 5.02 Å². The third-order valence-corrected chi connectivity index (χ3v) is 5.55. The van der Waals surface area contributed by atoms with E-state index in [9.17, 15) is 9.59 Å². The van der Waals surface area contributed by atoms with Gasteiger partial charge in [-0.1, -0.05) is 54.1 Å². The first kappa shape index (κ1) is 26.4. The number of hydrogen-bond acceptors (Lipinski definition) is 6. The molecule has 0 unspecified atom stereocenters. The van der Waals surface area contributed by atoms with E-state index in [1.54, 1.807) is 78.9 Å². The van der Waals surface area contributed by atoms with Gasteiger partial charge in [0.25, 0.3) is 5.91 Å². The van der Waals surface area contributed by atoms with E-state index in [1.165, 1.54) is 6.21 Å². The molecule has 0 fully saturated rings. The molecule has 8 heteroatoms. The molecule has 0 aliphatic carbocycles. The number of rotatable bonds is 10. The van der Waals surface area contributed by atoms with E-state index in [-0.39, 0.29) is 12.4 Å². The van der Waals surface area contributed by atoms with Gasteiger partial charge in [-0.25, -0.2) is 10.2 Å². The first-order valence-electron chi connectivity index (χ1n) is 11.9. The van der Waals surface area contributed by atoms with Crippen molar-refractivity contribution in [1.29, 1.82) is 0 Å². The van der Waals surface area contributed by atoms with E-state index in [0.717, 1.165) is 5.56 Å². The van der Waals surface area contributed by atoms with Crippen LogP contribution in [0.15, 0.2) is 102 Å². The van der Waals surface area contributed by atoms with Gasteiger partial charge in [-0.05, 0) is 72.6 Å². The molecule has 0 spiro atoms. The number of ether oxygens (including phenoxy) is 3. The molecule has 192 valence electrons. The molecule has 1 N–H and O–H groups in total. The predicted molar refractivity (Wildman–Crippen MR) is 146 cm³/mol. The number of nitrogens with zero attached hydrogens (tertiary/aromatic N) is 1. The summed E-state index contributed by atoms with van der Waals surface area (Å²) in [5.74, 6) is 0.184. The molecule has 0 radical (unpaired) electrons. The van der Waals surface area contributed by atoms with E-state index in [4.69, 9.17) is 25.8 Å². The number of nitrogens with one attached hydrogen (secondary N) is 1. The second kappa shape index (κ2) is 13.1. The Balaban J connectivity index is 1.41. The first-order valence-corrected chi connectivity index (χ1v) is 12.2. The Hall–Kier alpha value is -4.62. The summed E-state index contributed by atoms with van der Waals surface area (Å²) in [5.41, 5.74) is 4.86. The SMILES string of the molecule is CCOc1cc(/C=N\NC(=O)c2ccccc2OCc2ccc(Cl)cc2)ccc1OC(=O)c1ccccc1. The molecule has 38 heavy (non-hydrogen) atoms. The highest BCUT2D eigenvalue weighted by atomic mass is 35.5. The lowest BCUT2D eigenvalue weighted by Crippen LogP contribution is -2.18. The molecule has 0 atom stereocenters. The van der Waals surface area contributed by atoms with Crippen LogP contribution in [0.1, 0.15) is 38.8 Å². The second-order valence-electron chi connectivity index (χ2n) is 8.01. The molecular weight excluding hydrogens is 504 g/mol. The zero-order valence-corrected chi connectivity index (χ0v) is 21.4. The Kier molecular flexibility index (Phi) is 9.10. The summed E-state index contributed by atoms with van der Waals surface area (Å²) in [6.07, 6.45) is 1.47. The van der Waals surface area contributed by atoms with E-state index in [0.29, 0.717) is 39.8 Å². The average Bonchev–Trinajstić information content (AvgIpc) is 2.94. The van der Waals surface area contributed by atoms with Gasteiger partial charge in [0.15, 0.2) is 11.5 Å². The Morgan fingerprint density at radius 3 is 2.34 bits per heavy atom. The summed E-state index contributed by atoms with van der Waals surface area (Å²) in [6.45, 7) is 2.49. The summed E-state index contributed by atoms with van der Waals surface area (Å²) in [4.78, 5) is 25.2. The number of halogens is 1. The number of carbonyl (C=O) groups is 2. The number of para-hydroxylation sites is 1. The molecule has 4 rings (SSSR count). The molecule has 1 amide bonds. The molecule has 0 bridgehead atoms. The zero-order chi connectivity index (χ0) is 26.7. The lowest BCUT2D eigenvalue weighted by molar-refractivity contribution is 0.0728. The fraction of sp³-hybridized carbons (Fsp3) is 0.100. The highest BCUT2D eigenvalue weighted by Gasteiger charge is 2.14. The lowest BCUT2D eigenvalue weighted by atomic mass is 10.2. The number of benzene rings is 4. The van der Waals surface area contributed by atoms with Crippen LogP contribution in [-0.4, -0.2) is 24.7 Å². The summed E-state index contributed by atoms with van der Waals surface area (Å²) in [6, 6.07) is 27.9. The van der Waals surface area contributed by atoms with Crippen LogP contribution < -0.4 is 19.6 Å². The smallest absolute Gasteiger partial charge is 0.343 e. The van der Waals surface area contributed by atoms with Gasteiger partial charge in [-0.15, -0.1) is 0 Å². The molecule has 0 aromatic heterocycles. The predicted octanol–water partition coefficient (Wildman–Crippen LogP) is 6.30. The molecule has 0 saturated carbocycles. The zero-order valence-electron chi connectivity index (χ0n) is 20.6. The van der Waals surface area contributed by atoms with Gasteiger partial charge in [0.1, 0.15) is 12.4 Å². The van der Waals surface area contributed by atoms with E-state index >= 15 is 0 Å². The molecule has 4 aromatic rings. The lowest BCUT2D eigenvalue weighted by Gasteiger charge is -2.11. The molecule has 0 aliphatic rings. The average molecular weight is 529 g/mol. The van der Waals surface area contributed by atoms with Crippen LogP contribution in [-0.2, 0) is 6.61 Å². The Bertz CT molecular complexity index is 1420. The fourth-order valence-electron chi connectivity index (χ4n) is 3.44. The van der Waals surface area contributed by atoms with E-state index < -0.39 is 11.9 Å². The third-order valence-electron chi connectivity index (χ3n) is 5.30.